The lowest BCUT2D eigenvalue weighted by Crippen LogP contribution is -2.20. The third-order valence-corrected chi connectivity index (χ3v) is 3.73. The van der Waals surface area contributed by atoms with Crippen LogP contribution in [0.2, 0.25) is 0 Å². The van der Waals surface area contributed by atoms with Gasteiger partial charge in [-0.25, -0.2) is 15.4 Å². The summed E-state index contributed by atoms with van der Waals surface area (Å²) < 4.78 is 16.5. The van der Waals surface area contributed by atoms with Gasteiger partial charge in [0.2, 0.25) is 11.8 Å². The number of aromatic nitrogens is 2. The molecule has 2 aromatic carbocycles. The maximum atomic E-state index is 11.2. The number of nitrogens with zero attached hydrogens (tertiary/aromatic N) is 2. The van der Waals surface area contributed by atoms with Crippen LogP contribution >= 0.6 is 0 Å². The molecule has 134 valence electrons. The maximum absolute atomic E-state index is 11.2. The van der Waals surface area contributed by atoms with E-state index in [1.807, 2.05) is 0 Å². The molecule has 3 rings (SSSR count). The minimum atomic E-state index is -0.485. The summed E-state index contributed by atoms with van der Waals surface area (Å²) in [5.41, 5.74) is 2.99. The third-order valence-electron chi connectivity index (χ3n) is 3.73. The van der Waals surface area contributed by atoms with Crippen molar-refractivity contribution in [2.45, 2.75) is 6.42 Å². The highest BCUT2D eigenvalue weighted by Gasteiger charge is 2.12. The second-order valence-electron chi connectivity index (χ2n) is 5.36. The van der Waals surface area contributed by atoms with E-state index in [0.29, 0.717) is 34.0 Å². The molecule has 0 aliphatic carbocycles. The van der Waals surface area contributed by atoms with Crippen LogP contribution in [0.25, 0.3) is 10.9 Å². The highest BCUT2D eigenvalue weighted by atomic mass is 16.5. The number of carbonyl (C=O) groups excluding carboxylic acids is 1. The maximum Gasteiger partial charge on any atom is 0.247 e. The molecule has 8 heteroatoms. The van der Waals surface area contributed by atoms with Crippen LogP contribution < -0.4 is 19.7 Å². The lowest BCUT2D eigenvalue weighted by Gasteiger charge is -2.11. The van der Waals surface area contributed by atoms with Crippen molar-refractivity contribution in [2.24, 2.45) is 0 Å². The zero-order valence-electron chi connectivity index (χ0n) is 14.2. The zero-order chi connectivity index (χ0) is 18.5. The predicted octanol–water partition coefficient (Wildman–Crippen LogP) is 2.49. The van der Waals surface area contributed by atoms with Crippen LogP contribution in [0.4, 0.5) is 0 Å². The molecule has 1 amide bonds. The molecule has 0 bridgehead atoms. The summed E-state index contributed by atoms with van der Waals surface area (Å²) in [7, 11) is 3.11. The van der Waals surface area contributed by atoms with E-state index in [-0.39, 0.29) is 6.42 Å². The Morgan fingerprint density at radius 1 is 1.08 bits per heavy atom. The van der Waals surface area contributed by atoms with Crippen LogP contribution in [0.5, 0.6) is 23.1 Å². The second kappa shape index (κ2) is 7.66. The van der Waals surface area contributed by atoms with Crippen LogP contribution in [0, 0.1) is 0 Å². The molecule has 1 heterocycles. The van der Waals surface area contributed by atoms with Crippen molar-refractivity contribution >= 4 is 16.8 Å². The molecule has 1 aromatic heterocycles. The molecular formula is C18H17N3O5. The van der Waals surface area contributed by atoms with Crippen LogP contribution in [0.15, 0.2) is 42.7 Å². The average Bonchev–Trinajstić information content (AvgIpc) is 2.68. The average molecular weight is 355 g/mol. The number of amides is 1. The number of nitrogens with one attached hydrogen (secondary N) is 1. The standard InChI is InChI=1S/C18H17N3O5/c1-24-15-8-13-14(9-16(15)25-2)19-10-20-18(13)26-12-5-3-11(4-6-12)7-17(22)21-23/h3-6,8-10,23H,7H2,1-2H3,(H,21,22). The summed E-state index contributed by atoms with van der Waals surface area (Å²) in [6.07, 6.45) is 1.48. The Labute approximate surface area is 149 Å². The van der Waals surface area contributed by atoms with Gasteiger partial charge in [-0.3, -0.25) is 10.0 Å². The molecule has 3 aromatic rings. The molecule has 0 unspecified atom stereocenters. The van der Waals surface area contributed by atoms with Crippen molar-refractivity contribution in [3.8, 4) is 23.1 Å². The summed E-state index contributed by atoms with van der Waals surface area (Å²) in [5, 5.41) is 9.24. The Morgan fingerprint density at radius 3 is 2.42 bits per heavy atom. The highest BCUT2D eigenvalue weighted by Crippen LogP contribution is 2.35. The molecule has 0 radical (unpaired) electrons. The van der Waals surface area contributed by atoms with E-state index in [1.165, 1.54) is 6.33 Å². The van der Waals surface area contributed by atoms with Gasteiger partial charge in [-0.2, -0.15) is 0 Å². The Kier molecular flexibility index (Phi) is 5.14. The van der Waals surface area contributed by atoms with Gasteiger partial charge in [0, 0.05) is 6.07 Å². The molecule has 26 heavy (non-hydrogen) atoms. The number of ether oxygens (including phenoxy) is 3. The number of carbonyl (C=O) groups is 1. The Bertz CT molecular complexity index is 928. The molecule has 2 N–H and O–H groups in total. The van der Waals surface area contributed by atoms with Crippen LogP contribution in [-0.4, -0.2) is 35.3 Å². The van der Waals surface area contributed by atoms with Gasteiger partial charge in [-0.1, -0.05) is 12.1 Å². The van der Waals surface area contributed by atoms with E-state index in [4.69, 9.17) is 19.4 Å². The number of hydroxylamine groups is 1. The lowest BCUT2D eigenvalue weighted by molar-refractivity contribution is -0.128. The minimum absolute atomic E-state index is 0.0736. The fourth-order valence-electron chi connectivity index (χ4n) is 2.45. The van der Waals surface area contributed by atoms with Gasteiger partial charge < -0.3 is 14.2 Å². The van der Waals surface area contributed by atoms with Crippen molar-refractivity contribution in [2.75, 3.05) is 14.2 Å². The van der Waals surface area contributed by atoms with Crippen molar-refractivity contribution < 1.29 is 24.2 Å². The number of fused-ring (bicyclic) bond motifs is 1. The molecule has 0 atom stereocenters. The van der Waals surface area contributed by atoms with E-state index in [1.54, 1.807) is 56.1 Å². The summed E-state index contributed by atoms with van der Waals surface area (Å²) in [4.78, 5) is 19.6. The first-order valence-corrected chi connectivity index (χ1v) is 7.71. The van der Waals surface area contributed by atoms with Crippen LogP contribution in [-0.2, 0) is 11.2 Å². The Morgan fingerprint density at radius 2 is 1.77 bits per heavy atom. The summed E-state index contributed by atoms with van der Waals surface area (Å²) in [6.45, 7) is 0. The number of hydrogen-bond donors (Lipinski definition) is 2. The normalized spacial score (nSPS) is 10.4. The number of methoxy groups -OCH3 is 2. The van der Waals surface area contributed by atoms with Crippen molar-refractivity contribution in [3.05, 3.63) is 48.3 Å². The van der Waals surface area contributed by atoms with E-state index in [2.05, 4.69) is 9.97 Å². The molecule has 0 saturated carbocycles. The highest BCUT2D eigenvalue weighted by molar-refractivity contribution is 5.87. The molecule has 0 aliphatic heterocycles. The fraction of sp³-hybridized carbons (Fsp3) is 0.167. The molecular weight excluding hydrogens is 338 g/mol. The number of rotatable bonds is 6. The van der Waals surface area contributed by atoms with Gasteiger partial charge in [-0.05, 0) is 23.8 Å². The van der Waals surface area contributed by atoms with Crippen molar-refractivity contribution in [1.29, 1.82) is 0 Å². The summed E-state index contributed by atoms with van der Waals surface area (Å²) in [6, 6.07) is 10.4. The molecule has 0 spiro atoms. The second-order valence-corrected chi connectivity index (χ2v) is 5.36. The van der Waals surface area contributed by atoms with Gasteiger partial charge in [-0.15, -0.1) is 0 Å². The van der Waals surface area contributed by atoms with E-state index in [9.17, 15) is 4.79 Å². The van der Waals surface area contributed by atoms with Crippen LogP contribution in [0.1, 0.15) is 5.56 Å². The molecule has 0 aliphatic rings. The topological polar surface area (TPSA) is 103 Å². The molecule has 0 fully saturated rings. The smallest absolute Gasteiger partial charge is 0.247 e. The Balaban J connectivity index is 1.90. The Hall–Kier alpha value is -3.39. The SMILES string of the molecule is COc1cc2ncnc(Oc3ccc(CC(=O)NO)cc3)c2cc1OC. The number of hydrogen-bond acceptors (Lipinski definition) is 7. The summed E-state index contributed by atoms with van der Waals surface area (Å²) >= 11 is 0. The first-order chi connectivity index (χ1) is 12.6. The van der Waals surface area contributed by atoms with Gasteiger partial charge >= 0.3 is 0 Å². The van der Waals surface area contributed by atoms with Gasteiger partial charge in [0.15, 0.2) is 11.5 Å². The third kappa shape index (κ3) is 3.65. The van der Waals surface area contributed by atoms with E-state index < -0.39 is 5.91 Å². The largest absolute Gasteiger partial charge is 0.493 e. The number of benzene rings is 2. The predicted molar refractivity (Wildman–Crippen MR) is 92.8 cm³/mol. The summed E-state index contributed by atoms with van der Waals surface area (Å²) in [5.74, 6) is 1.55. The minimum Gasteiger partial charge on any atom is -0.493 e. The van der Waals surface area contributed by atoms with Crippen molar-refractivity contribution in [1.82, 2.24) is 15.4 Å². The fourth-order valence-corrected chi connectivity index (χ4v) is 2.45. The van der Waals surface area contributed by atoms with E-state index >= 15 is 0 Å². The lowest BCUT2D eigenvalue weighted by atomic mass is 10.1. The van der Waals surface area contributed by atoms with Crippen molar-refractivity contribution in [3.63, 3.8) is 0 Å². The zero-order valence-corrected chi connectivity index (χ0v) is 14.2. The van der Waals surface area contributed by atoms with Gasteiger partial charge in [0.1, 0.15) is 12.1 Å². The first-order valence-electron chi connectivity index (χ1n) is 7.71. The monoisotopic (exact) mass is 355 g/mol. The van der Waals surface area contributed by atoms with Gasteiger partial charge in [0.25, 0.3) is 0 Å². The molecule has 0 saturated heterocycles. The van der Waals surface area contributed by atoms with Gasteiger partial charge in [0.05, 0.1) is 31.5 Å². The first kappa shape index (κ1) is 17.4. The quantitative estimate of drug-likeness (QED) is 0.517. The van der Waals surface area contributed by atoms with Crippen LogP contribution in [0.3, 0.4) is 0 Å². The molecule has 8 nitrogen and oxygen atoms in total. The van der Waals surface area contributed by atoms with E-state index in [0.717, 1.165) is 5.56 Å².